The molecule has 1 aromatic rings. The van der Waals surface area contributed by atoms with Gasteiger partial charge in [0, 0.05) is 6.54 Å². The van der Waals surface area contributed by atoms with Crippen LogP contribution < -0.4 is 0 Å². The molecule has 0 spiro atoms. The highest BCUT2D eigenvalue weighted by molar-refractivity contribution is 5.85. The van der Waals surface area contributed by atoms with Crippen molar-refractivity contribution in [2.45, 2.75) is 26.5 Å². The molecule has 0 aliphatic rings. The smallest absolute Gasteiger partial charge is 0.356 e. The largest absolute Gasteiger partial charge is 0.476 e. The summed E-state index contributed by atoms with van der Waals surface area (Å²) in [5.74, 6) is -1.07. The van der Waals surface area contributed by atoms with E-state index in [9.17, 15) is 9.90 Å². The molecule has 0 amide bonds. The van der Waals surface area contributed by atoms with Crippen molar-refractivity contribution in [2.24, 2.45) is 0 Å². The van der Waals surface area contributed by atoms with Gasteiger partial charge in [-0.05, 0) is 19.9 Å². The van der Waals surface area contributed by atoms with E-state index in [0.29, 0.717) is 12.2 Å². The summed E-state index contributed by atoms with van der Waals surface area (Å²) < 4.78 is 1.48. The number of rotatable bonds is 3. The van der Waals surface area contributed by atoms with Gasteiger partial charge in [0.25, 0.3) is 0 Å². The number of aromatic carboxylic acids is 1. The average Bonchev–Trinajstić information content (AvgIpc) is 2.47. The number of nitrogens with zero attached hydrogens (tertiary/aromatic N) is 2. The Kier molecular flexibility index (Phi) is 2.67. The van der Waals surface area contributed by atoms with Crippen molar-refractivity contribution in [1.29, 1.82) is 0 Å². The Labute approximate surface area is 75.6 Å². The summed E-state index contributed by atoms with van der Waals surface area (Å²) >= 11 is 0. The number of aromatic nitrogens is 2. The molecule has 1 aromatic heterocycles. The highest BCUT2D eigenvalue weighted by atomic mass is 16.4. The first-order valence-corrected chi connectivity index (χ1v) is 4.05. The molecule has 0 saturated heterocycles. The molecule has 72 valence electrons. The summed E-state index contributed by atoms with van der Waals surface area (Å²) in [4.78, 5) is 10.5. The van der Waals surface area contributed by atoms with E-state index in [1.807, 2.05) is 6.92 Å². The fourth-order valence-corrected chi connectivity index (χ4v) is 1.13. The third-order valence-corrected chi connectivity index (χ3v) is 1.76. The van der Waals surface area contributed by atoms with Gasteiger partial charge in [-0.15, -0.1) is 0 Å². The second-order valence-corrected chi connectivity index (χ2v) is 2.75. The quantitative estimate of drug-likeness (QED) is 0.723. The molecule has 1 rings (SSSR count). The number of aliphatic hydroxyl groups is 1. The van der Waals surface area contributed by atoms with E-state index in [1.165, 1.54) is 10.7 Å². The SMILES string of the molecule is CCn1nc(C(=O)O)cc1[C@H](C)O. The van der Waals surface area contributed by atoms with Crippen LogP contribution in [0.1, 0.15) is 36.1 Å². The van der Waals surface area contributed by atoms with Crippen LogP contribution in [0.2, 0.25) is 0 Å². The van der Waals surface area contributed by atoms with Gasteiger partial charge in [0.1, 0.15) is 0 Å². The summed E-state index contributed by atoms with van der Waals surface area (Å²) in [6, 6.07) is 1.39. The fraction of sp³-hybridized carbons (Fsp3) is 0.500. The minimum Gasteiger partial charge on any atom is -0.476 e. The predicted molar refractivity (Wildman–Crippen MR) is 45.5 cm³/mol. The molecule has 0 bridgehead atoms. The molecule has 0 aliphatic heterocycles. The lowest BCUT2D eigenvalue weighted by Crippen LogP contribution is -2.06. The van der Waals surface area contributed by atoms with E-state index in [1.54, 1.807) is 6.92 Å². The first-order valence-electron chi connectivity index (χ1n) is 4.05. The van der Waals surface area contributed by atoms with Crippen molar-refractivity contribution >= 4 is 5.97 Å². The van der Waals surface area contributed by atoms with Gasteiger partial charge in [0.05, 0.1) is 11.8 Å². The maximum Gasteiger partial charge on any atom is 0.356 e. The van der Waals surface area contributed by atoms with Gasteiger partial charge in [-0.25, -0.2) is 4.79 Å². The molecule has 0 saturated carbocycles. The number of carbonyl (C=O) groups is 1. The van der Waals surface area contributed by atoms with Gasteiger partial charge < -0.3 is 10.2 Å². The second-order valence-electron chi connectivity index (χ2n) is 2.75. The summed E-state index contributed by atoms with van der Waals surface area (Å²) in [5.41, 5.74) is 0.498. The molecule has 1 heterocycles. The Hall–Kier alpha value is -1.36. The third kappa shape index (κ3) is 1.86. The van der Waals surface area contributed by atoms with Gasteiger partial charge in [-0.2, -0.15) is 5.10 Å². The van der Waals surface area contributed by atoms with Crippen molar-refractivity contribution < 1.29 is 15.0 Å². The molecule has 1 atom stereocenters. The Morgan fingerprint density at radius 1 is 1.77 bits per heavy atom. The van der Waals surface area contributed by atoms with Crippen LogP contribution in [-0.4, -0.2) is 26.0 Å². The number of hydrogen-bond donors (Lipinski definition) is 2. The average molecular weight is 184 g/mol. The number of carboxylic acids is 1. The fourth-order valence-electron chi connectivity index (χ4n) is 1.13. The van der Waals surface area contributed by atoms with Crippen molar-refractivity contribution in [3.63, 3.8) is 0 Å². The van der Waals surface area contributed by atoms with Crippen LogP contribution >= 0.6 is 0 Å². The van der Waals surface area contributed by atoms with E-state index < -0.39 is 12.1 Å². The molecule has 2 N–H and O–H groups in total. The molecule has 5 nitrogen and oxygen atoms in total. The van der Waals surface area contributed by atoms with Crippen LogP contribution in [-0.2, 0) is 6.54 Å². The number of hydrogen-bond acceptors (Lipinski definition) is 3. The minimum absolute atomic E-state index is 0.0299. The van der Waals surface area contributed by atoms with Crippen LogP contribution in [0.25, 0.3) is 0 Å². The third-order valence-electron chi connectivity index (χ3n) is 1.76. The predicted octanol–water partition coefficient (Wildman–Crippen LogP) is 0.655. The van der Waals surface area contributed by atoms with Gasteiger partial charge in [0.15, 0.2) is 5.69 Å². The summed E-state index contributed by atoms with van der Waals surface area (Å²) in [7, 11) is 0. The first-order chi connectivity index (χ1) is 6.06. The van der Waals surface area contributed by atoms with E-state index in [4.69, 9.17) is 5.11 Å². The Balaban J connectivity index is 3.11. The van der Waals surface area contributed by atoms with E-state index >= 15 is 0 Å². The monoisotopic (exact) mass is 184 g/mol. The number of aliphatic hydroxyl groups excluding tert-OH is 1. The highest BCUT2D eigenvalue weighted by Gasteiger charge is 2.14. The van der Waals surface area contributed by atoms with Crippen LogP contribution in [0.3, 0.4) is 0 Å². The molecular weight excluding hydrogens is 172 g/mol. The molecule has 5 heteroatoms. The molecule has 13 heavy (non-hydrogen) atoms. The highest BCUT2D eigenvalue weighted by Crippen LogP contribution is 2.13. The van der Waals surface area contributed by atoms with Crippen molar-refractivity contribution in [3.8, 4) is 0 Å². The van der Waals surface area contributed by atoms with Gasteiger partial charge in [-0.3, -0.25) is 4.68 Å². The summed E-state index contributed by atoms with van der Waals surface area (Å²) in [6.07, 6.45) is -0.694. The maximum absolute atomic E-state index is 10.5. The summed E-state index contributed by atoms with van der Waals surface area (Å²) in [6.45, 7) is 3.97. The van der Waals surface area contributed by atoms with Gasteiger partial charge in [0.2, 0.25) is 0 Å². The normalized spacial score (nSPS) is 12.8. The Bertz CT molecular complexity index is 317. The van der Waals surface area contributed by atoms with Gasteiger partial charge >= 0.3 is 5.97 Å². The van der Waals surface area contributed by atoms with Gasteiger partial charge in [-0.1, -0.05) is 0 Å². The summed E-state index contributed by atoms with van der Waals surface area (Å²) in [5, 5.41) is 21.7. The van der Waals surface area contributed by atoms with Crippen molar-refractivity contribution in [2.75, 3.05) is 0 Å². The topological polar surface area (TPSA) is 75.4 Å². The Morgan fingerprint density at radius 3 is 2.69 bits per heavy atom. The molecule has 0 radical (unpaired) electrons. The van der Waals surface area contributed by atoms with E-state index in [2.05, 4.69) is 5.10 Å². The zero-order valence-electron chi connectivity index (χ0n) is 7.56. The zero-order chi connectivity index (χ0) is 10.0. The van der Waals surface area contributed by atoms with E-state index in [-0.39, 0.29) is 5.69 Å². The van der Waals surface area contributed by atoms with Crippen LogP contribution in [0, 0.1) is 0 Å². The standard InChI is InChI=1S/C8H12N2O3/c1-3-10-7(5(2)11)4-6(9-10)8(12)13/h4-5,11H,3H2,1-2H3,(H,12,13)/t5-/m0/s1. The minimum atomic E-state index is -1.07. The molecule has 0 aromatic carbocycles. The molecule has 0 aliphatic carbocycles. The van der Waals surface area contributed by atoms with Crippen LogP contribution in [0.5, 0.6) is 0 Å². The second kappa shape index (κ2) is 3.57. The van der Waals surface area contributed by atoms with Crippen molar-refractivity contribution in [1.82, 2.24) is 9.78 Å². The lowest BCUT2D eigenvalue weighted by molar-refractivity contribution is 0.0689. The lowest BCUT2D eigenvalue weighted by Gasteiger charge is -2.05. The Morgan fingerprint density at radius 2 is 2.38 bits per heavy atom. The van der Waals surface area contributed by atoms with Crippen LogP contribution in [0.15, 0.2) is 6.07 Å². The number of carboxylic acid groups (broad SMARTS) is 1. The van der Waals surface area contributed by atoms with Crippen LogP contribution in [0.4, 0.5) is 0 Å². The first kappa shape index (κ1) is 9.73. The maximum atomic E-state index is 10.5. The molecule has 0 fully saturated rings. The molecular formula is C8H12N2O3. The lowest BCUT2D eigenvalue weighted by atomic mass is 10.2. The van der Waals surface area contributed by atoms with E-state index in [0.717, 1.165) is 0 Å². The van der Waals surface area contributed by atoms with Crippen molar-refractivity contribution in [3.05, 3.63) is 17.5 Å². The molecule has 0 unspecified atom stereocenters. The number of aryl methyl sites for hydroxylation is 1. The zero-order valence-corrected chi connectivity index (χ0v) is 7.56.